The van der Waals surface area contributed by atoms with Crippen LogP contribution in [0.25, 0.3) is 22.8 Å². The molecule has 1 amide bonds. The predicted molar refractivity (Wildman–Crippen MR) is 78.2 cm³/mol. The van der Waals surface area contributed by atoms with Gasteiger partial charge in [0.25, 0.3) is 0 Å². The quantitative estimate of drug-likeness (QED) is 0.800. The molecule has 0 bridgehead atoms. The van der Waals surface area contributed by atoms with Crippen LogP contribution in [0.15, 0.2) is 51.6 Å². The van der Waals surface area contributed by atoms with Gasteiger partial charge in [-0.3, -0.25) is 4.79 Å². The Hall–Kier alpha value is -2.40. The number of carbonyl (C=O) groups excluding carboxylic acids is 1. The van der Waals surface area contributed by atoms with E-state index in [9.17, 15) is 4.79 Å². The first-order chi connectivity index (χ1) is 9.74. The number of nitrogens with two attached hydrogens (primary N) is 1. The Bertz CT molecular complexity index is 718. The molecule has 2 heterocycles. The van der Waals surface area contributed by atoms with Crippen molar-refractivity contribution in [3.8, 4) is 22.8 Å². The number of amides is 1. The molecule has 0 saturated heterocycles. The number of rotatable bonds is 4. The fraction of sp³-hybridized carbons (Fsp3) is 0.0667. The molecule has 0 fully saturated rings. The number of hydrogen-bond acceptors (Lipinski definition) is 4. The molecule has 0 unspecified atom stereocenters. The molecular weight excluding hydrogens is 272 g/mol. The lowest BCUT2D eigenvalue weighted by Crippen LogP contribution is -2.14. The summed E-state index contributed by atoms with van der Waals surface area (Å²) >= 11 is 1.56. The number of aromatic nitrogens is 1. The number of primary amides is 1. The summed E-state index contributed by atoms with van der Waals surface area (Å²) in [4.78, 5) is 15.6. The van der Waals surface area contributed by atoms with E-state index in [2.05, 4.69) is 4.98 Å². The Kier molecular flexibility index (Phi) is 3.35. The summed E-state index contributed by atoms with van der Waals surface area (Å²) in [6, 6.07) is 11.5. The molecule has 0 spiro atoms. The standard InChI is InChI=1S/C15H12N2O2S/c16-13(18)8-12-14(11-6-7-20-9-11)19-15(17-12)10-4-2-1-3-5-10/h1-7,9H,8H2,(H2,16,18). The number of benzene rings is 1. The van der Waals surface area contributed by atoms with E-state index in [1.54, 1.807) is 11.3 Å². The SMILES string of the molecule is NC(=O)Cc1nc(-c2ccccc2)oc1-c1ccsc1. The van der Waals surface area contributed by atoms with Gasteiger partial charge < -0.3 is 10.2 Å². The average Bonchev–Trinajstić information content (AvgIpc) is 3.08. The van der Waals surface area contributed by atoms with Crippen LogP contribution in [0.3, 0.4) is 0 Å². The molecule has 2 N–H and O–H groups in total. The Morgan fingerprint density at radius 3 is 2.65 bits per heavy atom. The van der Waals surface area contributed by atoms with Gasteiger partial charge in [-0.15, -0.1) is 0 Å². The number of thiophene rings is 1. The molecule has 20 heavy (non-hydrogen) atoms. The molecule has 3 rings (SSSR count). The molecule has 0 aliphatic carbocycles. The summed E-state index contributed by atoms with van der Waals surface area (Å²) in [7, 11) is 0. The Balaban J connectivity index is 2.08. The smallest absolute Gasteiger partial charge is 0.227 e. The second-order valence-corrected chi connectivity index (χ2v) is 5.10. The van der Waals surface area contributed by atoms with Crippen LogP contribution in [0.5, 0.6) is 0 Å². The maximum atomic E-state index is 11.2. The summed E-state index contributed by atoms with van der Waals surface area (Å²) < 4.78 is 5.83. The topological polar surface area (TPSA) is 69.1 Å². The monoisotopic (exact) mass is 284 g/mol. The average molecular weight is 284 g/mol. The fourth-order valence-electron chi connectivity index (χ4n) is 1.96. The minimum Gasteiger partial charge on any atom is -0.436 e. The maximum absolute atomic E-state index is 11.2. The van der Waals surface area contributed by atoms with E-state index in [4.69, 9.17) is 10.2 Å². The summed E-state index contributed by atoms with van der Waals surface area (Å²) in [5, 5.41) is 3.91. The van der Waals surface area contributed by atoms with Crippen molar-refractivity contribution in [2.24, 2.45) is 5.73 Å². The van der Waals surface area contributed by atoms with E-state index in [1.165, 1.54) is 0 Å². The van der Waals surface area contributed by atoms with Crippen molar-refractivity contribution in [2.75, 3.05) is 0 Å². The van der Waals surface area contributed by atoms with E-state index in [1.807, 2.05) is 47.2 Å². The molecule has 3 aromatic rings. The van der Waals surface area contributed by atoms with Gasteiger partial charge in [-0.1, -0.05) is 18.2 Å². The second kappa shape index (κ2) is 5.30. The van der Waals surface area contributed by atoms with E-state index >= 15 is 0 Å². The lowest BCUT2D eigenvalue weighted by molar-refractivity contribution is -0.117. The van der Waals surface area contributed by atoms with E-state index in [0.29, 0.717) is 17.3 Å². The Morgan fingerprint density at radius 1 is 1.20 bits per heavy atom. The van der Waals surface area contributed by atoms with Gasteiger partial charge in [-0.2, -0.15) is 11.3 Å². The van der Waals surface area contributed by atoms with Crippen LogP contribution < -0.4 is 5.73 Å². The number of carbonyl (C=O) groups is 1. The highest BCUT2D eigenvalue weighted by Gasteiger charge is 2.18. The molecule has 0 aliphatic heterocycles. The third kappa shape index (κ3) is 2.48. The number of nitrogens with zero attached hydrogens (tertiary/aromatic N) is 1. The van der Waals surface area contributed by atoms with E-state index in [-0.39, 0.29) is 6.42 Å². The zero-order chi connectivity index (χ0) is 13.9. The molecule has 5 heteroatoms. The fourth-order valence-corrected chi connectivity index (χ4v) is 2.60. The van der Waals surface area contributed by atoms with Crippen LogP contribution in [0.1, 0.15) is 5.69 Å². The molecule has 2 aromatic heterocycles. The van der Waals surface area contributed by atoms with Gasteiger partial charge in [0.1, 0.15) is 0 Å². The lowest BCUT2D eigenvalue weighted by atomic mass is 10.2. The van der Waals surface area contributed by atoms with Crippen LogP contribution in [0.2, 0.25) is 0 Å². The van der Waals surface area contributed by atoms with E-state index < -0.39 is 5.91 Å². The van der Waals surface area contributed by atoms with Crippen LogP contribution in [0, 0.1) is 0 Å². The van der Waals surface area contributed by atoms with Gasteiger partial charge in [0.15, 0.2) is 5.76 Å². The van der Waals surface area contributed by atoms with Crippen molar-refractivity contribution in [3.05, 3.63) is 52.9 Å². The minimum absolute atomic E-state index is 0.0709. The van der Waals surface area contributed by atoms with Gasteiger partial charge in [0, 0.05) is 16.5 Å². The van der Waals surface area contributed by atoms with Crippen molar-refractivity contribution >= 4 is 17.2 Å². The summed E-state index contributed by atoms with van der Waals surface area (Å²) in [6.07, 6.45) is 0.0709. The van der Waals surface area contributed by atoms with Crippen molar-refractivity contribution < 1.29 is 9.21 Å². The molecule has 0 radical (unpaired) electrons. The molecule has 0 atom stereocenters. The number of hydrogen-bond donors (Lipinski definition) is 1. The highest BCUT2D eigenvalue weighted by atomic mass is 32.1. The summed E-state index contributed by atoms with van der Waals surface area (Å²) in [5.74, 6) is 0.696. The van der Waals surface area contributed by atoms with Crippen molar-refractivity contribution in [3.63, 3.8) is 0 Å². The van der Waals surface area contributed by atoms with Crippen LogP contribution in [-0.2, 0) is 11.2 Å². The van der Waals surface area contributed by atoms with Crippen molar-refractivity contribution in [2.45, 2.75) is 6.42 Å². The third-order valence-corrected chi connectivity index (χ3v) is 3.53. The first-order valence-electron chi connectivity index (χ1n) is 6.10. The highest BCUT2D eigenvalue weighted by molar-refractivity contribution is 7.08. The van der Waals surface area contributed by atoms with Gasteiger partial charge in [0.2, 0.25) is 11.8 Å². The normalized spacial score (nSPS) is 10.6. The molecule has 4 nitrogen and oxygen atoms in total. The van der Waals surface area contributed by atoms with Crippen LogP contribution >= 0.6 is 11.3 Å². The van der Waals surface area contributed by atoms with Crippen molar-refractivity contribution in [1.29, 1.82) is 0 Å². The first kappa shape index (κ1) is 12.6. The van der Waals surface area contributed by atoms with Crippen LogP contribution in [0.4, 0.5) is 0 Å². The van der Waals surface area contributed by atoms with Crippen molar-refractivity contribution in [1.82, 2.24) is 4.98 Å². The highest BCUT2D eigenvalue weighted by Crippen LogP contribution is 2.31. The van der Waals surface area contributed by atoms with Gasteiger partial charge in [-0.25, -0.2) is 4.98 Å². The zero-order valence-electron chi connectivity index (χ0n) is 10.6. The van der Waals surface area contributed by atoms with E-state index in [0.717, 1.165) is 11.1 Å². The van der Waals surface area contributed by atoms with Gasteiger partial charge in [-0.05, 0) is 23.6 Å². The largest absolute Gasteiger partial charge is 0.436 e. The van der Waals surface area contributed by atoms with Gasteiger partial charge in [0.05, 0.1) is 12.1 Å². The second-order valence-electron chi connectivity index (χ2n) is 4.32. The minimum atomic E-state index is -0.422. The molecule has 1 aromatic carbocycles. The van der Waals surface area contributed by atoms with Gasteiger partial charge >= 0.3 is 0 Å². The summed E-state index contributed by atoms with van der Waals surface area (Å²) in [6.45, 7) is 0. The molecule has 100 valence electrons. The van der Waals surface area contributed by atoms with Crippen LogP contribution in [-0.4, -0.2) is 10.9 Å². The lowest BCUT2D eigenvalue weighted by Gasteiger charge is -1.95. The number of oxazole rings is 1. The molecule has 0 aliphatic rings. The maximum Gasteiger partial charge on any atom is 0.227 e. The Morgan fingerprint density at radius 2 is 2.00 bits per heavy atom. The zero-order valence-corrected chi connectivity index (χ0v) is 11.4. The third-order valence-electron chi connectivity index (χ3n) is 2.84. The Labute approximate surface area is 119 Å². The molecular formula is C15H12N2O2S. The predicted octanol–water partition coefficient (Wildman–Crippen LogP) is 3.10. The first-order valence-corrected chi connectivity index (χ1v) is 7.04. The molecule has 0 saturated carbocycles. The summed E-state index contributed by atoms with van der Waals surface area (Å²) in [5.41, 5.74) is 7.65.